The van der Waals surface area contributed by atoms with Crippen LogP contribution in [0.1, 0.15) is 25.3 Å². The maximum Gasteiger partial charge on any atom is 0.150 e. The Labute approximate surface area is 110 Å². The second-order valence-corrected chi connectivity index (χ2v) is 5.19. The third-order valence-electron chi connectivity index (χ3n) is 3.48. The molecule has 1 aliphatic rings. The summed E-state index contributed by atoms with van der Waals surface area (Å²) in [6.07, 6.45) is 0.917. The zero-order valence-corrected chi connectivity index (χ0v) is 10.7. The van der Waals surface area contributed by atoms with E-state index in [1.54, 1.807) is 11.8 Å². The second kappa shape index (κ2) is 4.77. The Morgan fingerprint density at radius 3 is 2.21 bits per heavy atom. The Balaban J connectivity index is 2.29. The summed E-state index contributed by atoms with van der Waals surface area (Å²) in [6.45, 7) is 2.50. The van der Waals surface area contributed by atoms with Crippen molar-refractivity contribution in [2.24, 2.45) is 5.73 Å². The van der Waals surface area contributed by atoms with Gasteiger partial charge in [-0.3, -0.25) is 5.41 Å². The van der Waals surface area contributed by atoms with Gasteiger partial charge in [-0.25, -0.2) is 8.78 Å². The summed E-state index contributed by atoms with van der Waals surface area (Å²) in [5, 5.41) is 17.0. The number of nitrogens with zero attached hydrogens (tertiary/aromatic N) is 1. The number of nitrogens with one attached hydrogen (secondary N) is 1. The molecule has 6 heteroatoms. The van der Waals surface area contributed by atoms with Gasteiger partial charge in [0.25, 0.3) is 0 Å². The van der Waals surface area contributed by atoms with Crippen LogP contribution in [0.15, 0.2) is 12.1 Å². The topological polar surface area (TPSA) is 73.3 Å². The first-order chi connectivity index (χ1) is 8.80. The summed E-state index contributed by atoms with van der Waals surface area (Å²) in [6, 6.07) is 2.13. The number of aliphatic hydroxyl groups is 1. The molecular formula is C13H17F2N3O. The molecule has 1 aromatic rings. The van der Waals surface area contributed by atoms with Crippen molar-refractivity contribution in [3.63, 3.8) is 0 Å². The number of hydrogen-bond acceptors (Lipinski definition) is 3. The first-order valence-electron chi connectivity index (χ1n) is 6.11. The average molecular weight is 269 g/mol. The molecule has 4 nitrogen and oxygen atoms in total. The molecule has 0 aliphatic carbocycles. The van der Waals surface area contributed by atoms with E-state index in [0.29, 0.717) is 25.9 Å². The van der Waals surface area contributed by atoms with Gasteiger partial charge in [0, 0.05) is 18.7 Å². The highest BCUT2D eigenvalue weighted by molar-refractivity contribution is 5.95. The van der Waals surface area contributed by atoms with Crippen molar-refractivity contribution in [3.05, 3.63) is 29.3 Å². The van der Waals surface area contributed by atoms with Gasteiger partial charge in [0.2, 0.25) is 0 Å². The van der Waals surface area contributed by atoms with E-state index in [4.69, 9.17) is 11.1 Å². The highest BCUT2D eigenvalue weighted by Gasteiger charge is 2.30. The van der Waals surface area contributed by atoms with Crippen LogP contribution in [0.4, 0.5) is 14.5 Å². The highest BCUT2D eigenvalue weighted by Crippen LogP contribution is 2.30. The first-order valence-corrected chi connectivity index (χ1v) is 6.11. The summed E-state index contributed by atoms with van der Waals surface area (Å²) in [4.78, 5) is 1.58. The fraction of sp³-hybridized carbons (Fsp3) is 0.462. The molecule has 104 valence electrons. The summed E-state index contributed by atoms with van der Waals surface area (Å²) in [5.74, 6) is -1.83. The SMILES string of the molecule is CC1(O)CCN(c2c(F)cc(C(=N)N)cc2F)CC1. The minimum Gasteiger partial charge on any atom is -0.390 e. The molecule has 0 aromatic heterocycles. The van der Waals surface area contributed by atoms with Crippen molar-refractivity contribution in [1.82, 2.24) is 0 Å². The molecule has 2 rings (SSSR count). The molecule has 0 saturated carbocycles. The summed E-state index contributed by atoms with van der Waals surface area (Å²) in [5.41, 5.74) is 4.36. The number of nitrogen functional groups attached to an aromatic ring is 1. The number of piperidine rings is 1. The smallest absolute Gasteiger partial charge is 0.150 e. The third kappa shape index (κ3) is 2.84. The van der Waals surface area contributed by atoms with Gasteiger partial charge in [0.05, 0.1) is 5.60 Å². The van der Waals surface area contributed by atoms with Crippen LogP contribution in [0.5, 0.6) is 0 Å². The largest absolute Gasteiger partial charge is 0.390 e. The molecule has 19 heavy (non-hydrogen) atoms. The molecule has 0 spiro atoms. The lowest BCUT2D eigenvalue weighted by atomic mass is 9.93. The lowest BCUT2D eigenvalue weighted by Crippen LogP contribution is -2.43. The van der Waals surface area contributed by atoms with E-state index in [-0.39, 0.29) is 17.1 Å². The van der Waals surface area contributed by atoms with Crippen molar-refractivity contribution in [1.29, 1.82) is 5.41 Å². The molecule has 0 unspecified atom stereocenters. The van der Waals surface area contributed by atoms with Gasteiger partial charge in [0.15, 0.2) is 0 Å². The van der Waals surface area contributed by atoms with Crippen LogP contribution in [0, 0.1) is 17.0 Å². The normalized spacial score (nSPS) is 18.4. The quantitative estimate of drug-likeness (QED) is 0.564. The van der Waals surface area contributed by atoms with Crippen molar-refractivity contribution >= 4 is 11.5 Å². The standard InChI is InChI=1S/C13H17F2N3O/c1-13(19)2-4-18(5-3-13)11-9(14)6-8(12(16)17)7-10(11)15/h6-7,19H,2-5H2,1H3,(H3,16,17). The number of amidine groups is 1. The van der Waals surface area contributed by atoms with Gasteiger partial charge in [0.1, 0.15) is 23.2 Å². The maximum absolute atomic E-state index is 14.0. The van der Waals surface area contributed by atoms with E-state index in [9.17, 15) is 13.9 Å². The Bertz CT molecular complexity index is 484. The van der Waals surface area contributed by atoms with Crippen LogP contribution in [0.25, 0.3) is 0 Å². The number of benzene rings is 1. The van der Waals surface area contributed by atoms with Crippen LogP contribution < -0.4 is 10.6 Å². The Morgan fingerprint density at radius 2 is 1.79 bits per heavy atom. The number of anilines is 1. The number of nitrogens with two attached hydrogens (primary N) is 1. The molecule has 0 atom stereocenters. The van der Waals surface area contributed by atoms with Crippen LogP contribution >= 0.6 is 0 Å². The zero-order chi connectivity index (χ0) is 14.2. The van der Waals surface area contributed by atoms with Gasteiger partial charge in [-0.1, -0.05) is 0 Å². The molecule has 0 bridgehead atoms. The predicted molar refractivity (Wildman–Crippen MR) is 69.4 cm³/mol. The first kappa shape index (κ1) is 13.7. The lowest BCUT2D eigenvalue weighted by molar-refractivity contribution is 0.0349. The maximum atomic E-state index is 14.0. The highest BCUT2D eigenvalue weighted by atomic mass is 19.1. The fourth-order valence-corrected chi connectivity index (χ4v) is 2.24. The lowest BCUT2D eigenvalue weighted by Gasteiger charge is -2.37. The van der Waals surface area contributed by atoms with Gasteiger partial charge in [-0.2, -0.15) is 0 Å². The zero-order valence-electron chi connectivity index (χ0n) is 10.7. The third-order valence-corrected chi connectivity index (χ3v) is 3.48. The monoisotopic (exact) mass is 269 g/mol. The van der Waals surface area contributed by atoms with E-state index in [0.717, 1.165) is 12.1 Å². The molecule has 4 N–H and O–H groups in total. The molecule has 1 saturated heterocycles. The van der Waals surface area contributed by atoms with Gasteiger partial charge in [-0.15, -0.1) is 0 Å². The Kier molecular flexibility index (Phi) is 3.45. The second-order valence-electron chi connectivity index (χ2n) is 5.19. The number of rotatable bonds is 2. The average Bonchev–Trinajstić information content (AvgIpc) is 2.30. The number of halogens is 2. The molecule has 1 aliphatic heterocycles. The van der Waals surface area contributed by atoms with Crippen molar-refractivity contribution < 1.29 is 13.9 Å². The predicted octanol–water partition coefficient (Wildman–Crippen LogP) is 1.60. The number of hydrogen-bond donors (Lipinski definition) is 3. The van der Waals surface area contributed by atoms with Crippen LogP contribution in [-0.4, -0.2) is 29.6 Å². The molecule has 0 amide bonds. The van der Waals surface area contributed by atoms with Gasteiger partial charge < -0.3 is 15.7 Å². The molecule has 1 aromatic carbocycles. The van der Waals surface area contributed by atoms with Gasteiger partial charge in [-0.05, 0) is 31.9 Å². The minimum absolute atomic E-state index is 0.0303. The Hall–Kier alpha value is -1.69. The molecule has 1 fully saturated rings. The van der Waals surface area contributed by atoms with Crippen molar-refractivity contribution in [2.75, 3.05) is 18.0 Å². The summed E-state index contributed by atoms with van der Waals surface area (Å²) in [7, 11) is 0. The van der Waals surface area contributed by atoms with E-state index >= 15 is 0 Å². The summed E-state index contributed by atoms with van der Waals surface area (Å²) >= 11 is 0. The van der Waals surface area contributed by atoms with E-state index < -0.39 is 17.2 Å². The minimum atomic E-state index is -0.775. The van der Waals surface area contributed by atoms with E-state index in [1.807, 2.05) is 0 Å². The summed E-state index contributed by atoms with van der Waals surface area (Å²) < 4.78 is 27.9. The molecule has 0 radical (unpaired) electrons. The van der Waals surface area contributed by atoms with Crippen LogP contribution in [0.3, 0.4) is 0 Å². The van der Waals surface area contributed by atoms with Crippen LogP contribution in [0.2, 0.25) is 0 Å². The van der Waals surface area contributed by atoms with Crippen LogP contribution in [-0.2, 0) is 0 Å². The molecule has 1 heterocycles. The van der Waals surface area contributed by atoms with Gasteiger partial charge >= 0.3 is 0 Å². The Morgan fingerprint density at radius 1 is 1.32 bits per heavy atom. The van der Waals surface area contributed by atoms with E-state index in [1.165, 1.54) is 0 Å². The van der Waals surface area contributed by atoms with E-state index in [2.05, 4.69) is 0 Å². The fourth-order valence-electron chi connectivity index (χ4n) is 2.24. The van der Waals surface area contributed by atoms with Crippen molar-refractivity contribution in [2.45, 2.75) is 25.4 Å². The van der Waals surface area contributed by atoms with Crippen molar-refractivity contribution in [3.8, 4) is 0 Å². The molecular weight excluding hydrogens is 252 g/mol.